The number of para-hydroxylation sites is 1. The van der Waals surface area contributed by atoms with Crippen molar-refractivity contribution >= 4 is 51.6 Å². The fourth-order valence-corrected chi connectivity index (χ4v) is 4.13. The highest BCUT2D eigenvalue weighted by Crippen LogP contribution is 2.28. The van der Waals surface area contributed by atoms with Crippen LogP contribution < -0.4 is 15.6 Å². The molecule has 1 N–H and O–H groups in total. The predicted octanol–water partition coefficient (Wildman–Crippen LogP) is 3.62. The molecule has 2 heterocycles. The minimum atomic E-state index is -0.258. The molecule has 31 heavy (non-hydrogen) atoms. The van der Waals surface area contributed by atoms with E-state index < -0.39 is 0 Å². The molecule has 0 saturated heterocycles. The Balaban J connectivity index is 1.65. The van der Waals surface area contributed by atoms with Gasteiger partial charge in [0, 0.05) is 11.6 Å². The summed E-state index contributed by atoms with van der Waals surface area (Å²) in [4.78, 5) is 25.4. The van der Waals surface area contributed by atoms with E-state index in [0.29, 0.717) is 44.8 Å². The van der Waals surface area contributed by atoms with E-state index in [1.807, 2.05) is 12.1 Å². The van der Waals surface area contributed by atoms with Gasteiger partial charge in [0.05, 0.1) is 29.5 Å². The number of nitrogens with one attached hydrogen (secondary N) is 1. The molecule has 0 aliphatic heterocycles. The fraction of sp³-hybridized carbons (Fsp3) is 0.143. The molecule has 4 rings (SSSR count). The van der Waals surface area contributed by atoms with Crippen LogP contribution in [0.2, 0.25) is 5.02 Å². The zero-order chi connectivity index (χ0) is 22.0. The lowest BCUT2D eigenvalue weighted by molar-refractivity contribution is -0.113. The third kappa shape index (κ3) is 4.01. The van der Waals surface area contributed by atoms with Crippen molar-refractivity contribution in [3.05, 3.63) is 70.5 Å². The van der Waals surface area contributed by atoms with Gasteiger partial charge < -0.3 is 10.1 Å². The summed E-state index contributed by atoms with van der Waals surface area (Å²) in [7, 11) is 1.52. The number of ether oxygens (including phenoxy) is 1. The molecule has 2 aromatic carbocycles. The Labute approximate surface area is 186 Å². The van der Waals surface area contributed by atoms with Gasteiger partial charge in [0.1, 0.15) is 5.75 Å². The van der Waals surface area contributed by atoms with Crippen LogP contribution in [0, 0.1) is 0 Å². The number of aromatic nitrogens is 4. The molecule has 0 aliphatic carbocycles. The lowest BCUT2D eigenvalue weighted by Crippen LogP contribution is -2.22. The van der Waals surface area contributed by atoms with Crippen LogP contribution in [0.25, 0.3) is 16.7 Å². The largest absolute Gasteiger partial charge is 0.495 e. The van der Waals surface area contributed by atoms with Gasteiger partial charge in [-0.3, -0.25) is 18.6 Å². The van der Waals surface area contributed by atoms with Crippen LogP contribution in [0.1, 0.15) is 0 Å². The average molecular weight is 456 g/mol. The summed E-state index contributed by atoms with van der Waals surface area (Å²) >= 11 is 7.23. The molecule has 0 fully saturated rings. The Hall–Kier alpha value is -3.30. The van der Waals surface area contributed by atoms with E-state index >= 15 is 0 Å². The number of rotatable bonds is 7. The molecule has 0 atom stereocenters. The molecule has 0 spiro atoms. The van der Waals surface area contributed by atoms with Crippen molar-refractivity contribution in [1.29, 1.82) is 0 Å². The van der Waals surface area contributed by atoms with Crippen LogP contribution in [0.15, 0.2) is 65.1 Å². The van der Waals surface area contributed by atoms with E-state index in [0.717, 1.165) is 0 Å². The first kappa shape index (κ1) is 21.0. The minimum absolute atomic E-state index is 0.0748. The van der Waals surface area contributed by atoms with Crippen molar-refractivity contribution in [3.63, 3.8) is 0 Å². The number of nitrogens with zero attached hydrogens (tertiary/aromatic N) is 4. The smallest absolute Gasteiger partial charge is 0.263 e. The van der Waals surface area contributed by atoms with Crippen LogP contribution in [0.3, 0.4) is 0 Å². The van der Waals surface area contributed by atoms with Gasteiger partial charge in [0.25, 0.3) is 5.56 Å². The third-order valence-electron chi connectivity index (χ3n) is 4.56. The molecule has 0 saturated carbocycles. The van der Waals surface area contributed by atoms with Crippen LogP contribution in [-0.4, -0.2) is 37.9 Å². The standard InChI is InChI=1S/C21H18ClN5O3S/c1-3-10-26-19(29)14-6-4-5-7-16(14)27-20(26)24-25-21(27)31-12-18(28)23-15-11-13(22)8-9-17(15)30-2/h3-9,11H,1,10,12H2,2H3,(H,23,28). The first-order valence-corrected chi connectivity index (χ1v) is 10.6. The lowest BCUT2D eigenvalue weighted by Gasteiger charge is -2.11. The van der Waals surface area contributed by atoms with E-state index in [4.69, 9.17) is 16.3 Å². The summed E-state index contributed by atoms with van der Waals surface area (Å²) in [6.07, 6.45) is 1.63. The number of amides is 1. The van der Waals surface area contributed by atoms with E-state index in [2.05, 4.69) is 22.1 Å². The summed E-state index contributed by atoms with van der Waals surface area (Å²) in [5.41, 5.74) is 0.988. The van der Waals surface area contributed by atoms with Crippen LogP contribution in [0.5, 0.6) is 5.75 Å². The van der Waals surface area contributed by atoms with Crippen LogP contribution in [-0.2, 0) is 11.3 Å². The maximum absolute atomic E-state index is 12.8. The van der Waals surface area contributed by atoms with E-state index in [1.54, 1.807) is 40.8 Å². The Morgan fingerprint density at radius 1 is 1.29 bits per heavy atom. The summed E-state index contributed by atoms with van der Waals surface area (Å²) in [5, 5.41) is 12.7. The second kappa shape index (κ2) is 8.83. The molecule has 0 unspecified atom stereocenters. The van der Waals surface area contributed by atoms with Gasteiger partial charge in [0.15, 0.2) is 5.16 Å². The van der Waals surface area contributed by atoms with E-state index in [-0.39, 0.29) is 17.2 Å². The normalized spacial score (nSPS) is 11.0. The molecule has 1 amide bonds. The first-order chi connectivity index (χ1) is 15.0. The van der Waals surface area contributed by atoms with Crippen molar-refractivity contribution in [3.8, 4) is 5.75 Å². The minimum Gasteiger partial charge on any atom is -0.495 e. The number of carbonyl (C=O) groups excluding carboxylic acids is 1. The maximum Gasteiger partial charge on any atom is 0.263 e. The number of carbonyl (C=O) groups is 1. The van der Waals surface area contributed by atoms with Gasteiger partial charge in [-0.25, -0.2) is 0 Å². The number of allylic oxidation sites excluding steroid dienone is 1. The van der Waals surface area contributed by atoms with Crippen molar-refractivity contribution in [2.45, 2.75) is 11.7 Å². The molecular formula is C21H18ClN5O3S. The highest BCUT2D eigenvalue weighted by Gasteiger charge is 2.17. The molecular weight excluding hydrogens is 438 g/mol. The molecule has 0 bridgehead atoms. The van der Waals surface area contributed by atoms with Gasteiger partial charge in [-0.2, -0.15) is 0 Å². The van der Waals surface area contributed by atoms with Gasteiger partial charge in [-0.1, -0.05) is 41.6 Å². The first-order valence-electron chi connectivity index (χ1n) is 9.27. The highest BCUT2D eigenvalue weighted by molar-refractivity contribution is 7.99. The van der Waals surface area contributed by atoms with E-state index in [9.17, 15) is 9.59 Å². The fourth-order valence-electron chi connectivity index (χ4n) is 3.22. The SMILES string of the molecule is C=CCn1c(=O)c2ccccc2n2c(SCC(=O)Nc3cc(Cl)ccc3OC)nnc12. The van der Waals surface area contributed by atoms with Crippen molar-refractivity contribution in [2.75, 3.05) is 18.2 Å². The monoisotopic (exact) mass is 455 g/mol. The summed E-state index contributed by atoms with van der Waals surface area (Å²) in [6, 6.07) is 12.2. The number of anilines is 1. The number of thioether (sulfide) groups is 1. The van der Waals surface area contributed by atoms with Crippen LogP contribution >= 0.6 is 23.4 Å². The zero-order valence-corrected chi connectivity index (χ0v) is 18.1. The molecule has 2 aromatic heterocycles. The third-order valence-corrected chi connectivity index (χ3v) is 5.72. The zero-order valence-electron chi connectivity index (χ0n) is 16.5. The number of hydrogen-bond donors (Lipinski definition) is 1. The van der Waals surface area contributed by atoms with Crippen LogP contribution in [0.4, 0.5) is 5.69 Å². The van der Waals surface area contributed by atoms with Gasteiger partial charge >= 0.3 is 0 Å². The number of benzene rings is 2. The Morgan fingerprint density at radius 2 is 2.10 bits per heavy atom. The molecule has 8 nitrogen and oxygen atoms in total. The highest BCUT2D eigenvalue weighted by atomic mass is 35.5. The molecule has 4 aromatic rings. The van der Waals surface area contributed by atoms with Gasteiger partial charge in [0.2, 0.25) is 11.7 Å². The van der Waals surface area contributed by atoms with Crippen molar-refractivity contribution in [1.82, 2.24) is 19.2 Å². The van der Waals surface area contributed by atoms with Crippen molar-refractivity contribution in [2.24, 2.45) is 0 Å². The number of fused-ring (bicyclic) bond motifs is 3. The molecule has 0 aliphatic rings. The Bertz CT molecular complexity index is 1360. The second-order valence-electron chi connectivity index (χ2n) is 6.52. The van der Waals surface area contributed by atoms with Gasteiger partial charge in [-0.05, 0) is 30.3 Å². The average Bonchev–Trinajstić information content (AvgIpc) is 3.19. The molecule has 0 radical (unpaired) electrons. The topological polar surface area (TPSA) is 90.5 Å². The van der Waals surface area contributed by atoms with Crippen molar-refractivity contribution < 1.29 is 9.53 Å². The number of halogens is 1. The Kier molecular flexibility index (Phi) is 5.97. The number of methoxy groups -OCH3 is 1. The van der Waals surface area contributed by atoms with E-state index in [1.165, 1.54) is 23.4 Å². The molecule has 10 heteroatoms. The summed E-state index contributed by atoms with van der Waals surface area (Å²) in [5.74, 6) is 0.718. The summed E-state index contributed by atoms with van der Waals surface area (Å²) < 4.78 is 8.54. The summed E-state index contributed by atoms with van der Waals surface area (Å²) in [6.45, 7) is 4.01. The second-order valence-corrected chi connectivity index (χ2v) is 7.90. The maximum atomic E-state index is 12.8. The lowest BCUT2D eigenvalue weighted by atomic mass is 10.2. The molecule has 158 valence electrons. The predicted molar refractivity (Wildman–Crippen MR) is 122 cm³/mol. The number of hydrogen-bond acceptors (Lipinski definition) is 6. The van der Waals surface area contributed by atoms with Gasteiger partial charge in [-0.15, -0.1) is 16.8 Å². The quantitative estimate of drug-likeness (QED) is 0.338. The Morgan fingerprint density at radius 3 is 2.87 bits per heavy atom.